The summed E-state index contributed by atoms with van der Waals surface area (Å²) in [6.07, 6.45) is 39.1. The van der Waals surface area contributed by atoms with Crippen molar-refractivity contribution < 1.29 is 80.2 Å². The topological polar surface area (TPSA) is 237 Å². The Labute approximate surface area is 517 Å². The zero-order chi connectivity index (χ0) is 63.1. The third kappa shape index (κ3) is 60.7. The molecule has 0 spiro atoms. The van der Waals surface area contributed by atoms with E-state index in [1.807, 2.05) is 0 Å². The highest BCUT2D eigenvalue weighted by atomic mass is 31.2. The maximum atomic E-state index is 13.0. The molecule has 0 bridgehead atoms. The molecule has 85 heavy (non-hydrogen) atoms. The summed E-state index contributed by atoms with van der Waals surface area (Å²) in [5, 5.41) is 10.5. The van der Waals surface area contributed by atoms with Crippen LogP contribution in [0.4, 0.5) is 0 Å². The Hall–Kier alpha value is -1.94. The first-order valence-electron chi connectivity index (χ1n) is 34.3. The van der Waals surface area contributed by atoms with Gasteiger partial charge in [0, 0.05) is 25.7 Å². The van der Waals surface area contributed by atoms with Crippen LogP contribution in [0.3, 0.4) is 0 Å². The van der Waals surface area contributed by atoms with E-state index in [-0.39, 0.29) is 25.7 Å². The van der Waals surface area contributed by atoms with Crippen molar-refractivity contribution >= 4 is 39.5 Å². The van der Waals surface area contributed by atoms with Gasteiger partial charge in [-0.05, 0) is 43.4 Å². The van der Waals surface area contributed by atoms with Gasteiger partial charge >= 0.3 is 39.5 Å². The first kappa shape index (κ1) is 83.1. The fourth-order valence-electron chi connectivity index (χ4n) is 9.83. The van der Waals surface area contributed by atoms with Gasteiger partial charge in [-0.25, -0.2) is 9.13 Å². The molecule has 0 aromatic rings. The van der Waals surface area contributed by atoms with E-state index in [4.69, 9.17) is 37.0 Å². The van der Waals surface area contributed by atoms with E-state index in [1.165, 1.54) is 128 Å². The van der Waals surface area contributed by atoms with Crippen LogP contribution in [0.1, 0.15) is 325 Å². The average molecular weight is 1260 g/mol. The van der Waals surface area contributed by atoms with E-state index in [9.17, 15) is 43.2 Å². The van der Waals surface area contributed by atoms with Crippen molar-refractivity contribution in [2.45, 2.75) is 343 Å². The van der Waals surface area contributed by atoms with Crippen molar-refractivity contribution in [2.75, 3.05) is 39.6 Å². The van der Waals surface area contributed by atoms with E-state index in [0.717, 1.165) is 108 Å². The fraction of sp³-hybridized carbons (Fsp3) is 0.939. The number of aliphatic hydroxyl groups excluding tert-OH is 1. The number of aliphatic hydroxyl groups is 1. The molecule has 0 aromatic carbocycles. The second-order valence-electron chi connectivity index (χ2n) is 25.3. The Balaban J connectivity index is 5.22. The van der Waals surface area contributed by atoms with Crippen LogP contribution >= 0.6 is 15.6 Å². The van der Waals surface area contributed by atoms with E-state index in [0.29, 0.717) is 31.6 Å². The van der Waals surface area contributed by atoms with Crippen molar-refractivity contribution in [2.24, 2.45) is 17.8 Å². The highest BCUT2D eigenvalue weighted by molar-refractivity contribution is 7.47. The molecule has 0 saturated carbocycles. The lowest BCUT2D eigenvalue weighted by Crippen LogP contribution is -2.30. The highest BCUT2D eigenvalue weighted by Crippen LogP contribution is 2.45. The first-order chi connectivity index (χ1) is 40.7. The molecule has 0 aromatic heterocycles. The van der Waals surface area contributed by atoms with Crippen LogP contribution in [-0.4, -0.2) is 96.7 Å². The van der Waals surface area contributed by atoms with Crippen LogP contribution in [-0.2, 0) is 65.4 Å². The number of hydrogen-bond acceptors (Lipinski definition) is 15. The Morgan fingerprint density at radius 3 is 0.800 bits per heavy atom. The lowest BCUT2D eigenvalue weighted by atomic mass is 10.0. The molecule has 3 N–H and O–H groups in total. The summed E-state index contributed by atoms with van der Waals surface area (Å²) in [4.78, 5) is 72.2. The fourth-order valence-corrected chi connectivity index (χ4v) is 11.4. The van der Waals surface area contributed by atoms with Crippen molar-refractivity contribution in [1.82, 2.24) is 0 Å². The number of esters is 4. The molecule has 0 rings (SSSR count). The predicted octanol–water partition coefficient (Wildman–Crippen LogP) is 18.3. The molecule has 17 nitrogen and oxygen atoms in total. The zero-order valence-corrected chi connectivity index (χ0v) is 56.9. The van der Waals surface area contributed by atoms with Gasteiger partial charge in [0.2, 0.25) is 0 Å². The summed E-state index contributed by atoms with van der Waals surface area (Å²) in [5.41, 5.74) is 0. The number of unbranched alkanes of at least 4 members (excludes halogenated alkanes) is 32. The molecule has 0 amide bonds. The maximum absolute atomic E-state index is 13.0. The number of carbonyl (C=O) groups excluding carboxylic acids is 4. The minimum absolute atomic E-state index is 0.102. The van der Waals surface area contributed by atoms with Gasteiger partial charge in [0.1, 0.15) is 19.3 Å². The van der Waals surface area contributed by atoms with Gasteiger partial charge in [-0.1, -0.05) is 273 Å². The summed E-state index contributed by atoms with van der Waals surface area (Å²) < 4.78 is 68.0. The van der Waals surface area contributed by atoms with Gasteiger partial charge in [-0.3, -0.25) is 37.3 Å². The number of hydrogen-bond donors (Lipinski definition) is 3. The van der Waals surface area contributed by atoms with Crippen molar-refractivity contribution in [3.63, 3.8) is 0 Å². The molecule has 2 unspecified atom stereocenters. The molecule has 0 aliphatic rings. The SMILES string of the molecule is CCCCCCCCCCC(=O)OC[C@H](COP(=O)(O)OC[C@H](O)COP(=O)(O)OC[C@@H](COC(=O)CCCCCCCCCCCCCC(C)C)OC(=O)CCCCCCCCCCCCCC(C)C)OC(=O)CCCCCCCCC(C)C. The molecule has 0 aliphatic carbocycles. The summed E-state index contributed by atoms with van der Waals surface area (Å²) in [6.45, 7) is 11.7. The van der Waals surface area contributed by atoms with Gasteiger partial charge in [0.05, 0.1) is 26.4 Å². The first-order valence-corrected chi connectivity index (χ1v) is 37.3. The molecule has 0 radical (unpaired) electrons. The van der Waals surface area contributed by atoms with Gasteiger partial charge in [-0.15, -0.1) is 0 Å². The molecule has 504 valence electrons. The lowest BCUT2D eigenvalue weighted by Gasteiger charge is -2.21. The largest absolute Gasteiger partial charge is 0.472 e. The number of carbonyl (C=O) groups is 4. The summed E-state index contributed by atoms with van der Waals surface area (Å²) in [5.74, 6) is 0.0677. The van der Waals surface area contributed by atoms with Crippen molar-refractivity contribution in [1.29, 1.82) is 0 Å². The third-order valence-corrected chi connectivity index (χ3v) is 17.0. The normalized spacial score (nSPS) is 14.3. The van der Waals surface area contributed by atoms with E-state index >= 15 is 0 Å². The molecule has 5 atom stereocenters. The maximum Gasteiger partial charge on any atom is 0.472 e. The van der Waals surface area contributed by atoms with E-state index < -0.39 is 97.5 Å². The molecule has 0 fully saturated rings. The van der Waals surface area contributed by atoms with Crippen LogP contribution in [0, 0.1) is 17.8 Å². The second kappa shape index (κ2) is 57.2. The Morgan fingerprint density at radius 2 is 0.541 bits per heavy atom. The molecule has 19 heteroatoms. The quantitative estimate of drug-likeness (QED) is 0.0222. The summed E-state index contributed by atoms with van der Waals surface area (Å²) >= 11 is 0. The molecular formula is C66H128O17P2. The monoisotopic (exact) mass is 1250 g/mol. The Kier molecular flexibility index (Phi) is 55.9. The molecular weight excluding hydrogens is 1130 g/mol. The molecule has 0 aliphatic heterocycles. The van der Waals surface area contributed by atoms with E-state index in [1.54, 1.807) is 0 Å². The van der Waals surface area contributed by atoms with Crippen LogP contribution in [0.25, 0.3) is 0 Å². The van der Waals surface area contributed by atoms with Crippen LogP contribution in [0.5, 0.6) is 0 Å². The lowest BCUT2D eigenvalue weighted by molar-refractivity contribution is -0.161. The second-order valence-corrected chi connectivity index (χ2v) is 28.2. The van der Waals surface area contributed by atoms with E-state index in [2.05, 4.69) is 48.5 Å². The smallest absolute Gasteiger partial charge is 0.462 e. The Morgan fingerprint density at radius 1 is 0.318 bits per heavy atom. The number of ether oxygens (including phenoxy) is 4. The van der Waals surface area contributed by atoms with Gasteiger partial charge in [-0.2, -0.15) is 0 Å². The standard InChI is InChI=1S/C66H128O17P2/c1-8-9-10-11-12-25-33-40-47-63(68)76-54-62(83-66(71)50-43-36-29-28-32-39-46-59(6)7)56-81-85(74,75)79-52-60(67)51-78-84(72,73)80-55-61(82-65(70)49-42-35-27-22-18-14-16-20-24-31-38-45-58(4)5)53-77-64(69)48-41-34-26-21-17-13-15-19-23-30-37-44-57(2)3/h57-62,67H,8-56H2,1-7H3,(H,72,73)(H,74,75)/t60-,61-,62-/m1/s1. The minimum atomic E-state index is -4.95. The van der Waals surface area contributed by atoms with Crippen LogP contribution in [0.2, 0.25) is 0 Å². The summed E-state index contributed by atoms with van der Waals surface area (Å²) in [6, 6.07) is 0. The third-order valence-electron chi connectivity index (χ3n) is 15.1. The predicted molar refractivity (Wildman–Crippen MR) is 340 cm³/mol. The molecule has 0 heterocycles. The van der Waals surface area contributed by atoms with Crippen LogP contribution in [0.15, 0.2) is 0 Å². The number of rotatable bonds is 64. The van der Waals surface area contributed by atoms with Gasteiger partial charge < -0.3 is 33.8 Å². The number of phosphoric ester groups is 2. The Bertz CT molecular complexity index is 1680. The van der Waals surface area contributed by atoms with Crippen LogP contribution < -0.4 is 0 Å². The average Bonchev–Trinajstić information content (AvgIpc) is 3.53. The number of phosphoric acid groups is 2. The van der Waals surface area contributed by atoms with Gasteiger partial charge in [0.25, 0.3) is 0 Å². The molecule has 0 saturated heterocycles. The van der Waals surface area contributed by atoms with Crippen molar-refractivity contribution in [3.8, 4) is 0 Å². The van der Waals surface area contributed by atoms with Crippen molar-refractivity contribution in [3.05, 3.63) is 0 Å². The zero-order valence-electron chi connectivity index (χ0n) is 55.1. The highest BCUT2D eigenvalue weighted by Gasteiger charge is 2.30. The summed E-state index contributed by atoms with van der Waals surface area (Å²) in [7, 11) is -9.89. The minimum Gasteiger partial charge on any atom is -0.462 e. The van der Waals surface area contributed by atoms with Gasteiger partial charge in [0.15, 0.2) is 12.2 Å².